The number of aromatic nitrogens is 1. The number of anilines is 1. The molecule has 3 N–H and O–H groups in total. The van der Waals surface area contributed by atoms with Gasteiger partial charge in [-0.3, -0.25) is 14.9 Å². The number of methoxy groups -OCH3 is 1. The highest BCUT2D eigenvalue weighted by Gasteiger charge is 2.28. The molecule has 13 heteroatoms. The Morgan fingerprint density at radius 2 is 2.17 bits per heavy atom. The largest absolute Gasteiger partial charge is 0.468 e. The fourth-order valence-electron chi connectivity index (χ4n) is 2.68. The van der Waals surface area contributed by atoms with Crippen molar-refractivity contribution in [1.29, 1.82) is 0 Å². The van der Waals surface area contributed by atoms with Crippen molar-refractivity contribution in [1.82, 2.24) is 4.98 Å². The van der Waals surface area contributed by atoms with E-state index in [0.29, 0.717) is 4.47 Å². The lowest BCUT2D eigenvalue weighted by Crippen LogP contribution is -2.35. The van der Waals surface area contributed by atoms with E-state index in [4.69, 9.17) is 17.3 Å². The molecule has 0 bridgehead atoms. The number of halogens is 4. The van der Waals surface area contributed by atoms with Crippen LogP contribution < -0.4 is 15.8 Å². The third-order valence-corrected chi connectivity index (χ3v) is 4.85. The first-order valence-electron chi connectivity index (χ1n) is 8.27. The van der Waals surface area contributed by atoms with Crippen LogP contribution in [0.2, 0.25) is 5.15 Å². The van der Waals surface area contributed by atoms with Gasteiger partial charge in [0.1, 0.15) is 28.8 Å². The number of esters is 1. The van der Waals surface area contributed by atoms with E-state index < -0.39 is 35.3 Å². The molecular weight excluding hydrogens is 494 g/mol. The molecule has 1 aromatic heterocycles. The summed E-state index contributed by atoms with van der Waals surface area (Å²) in [5.41, 5.74) is 5.55. The number of rotatable bonds is 9. The summed E-state index contributed by atoms with van der Waals surface area (Å²) in [5.74, 6) is -0.968. The first-order chi connectivity index (χ1) is 14.1. The average molecular weight is 510 g/mol. The molecular formula is C17H16BrClF2N4O5. The molecule has 0 aliphatic heterocycles. The number of carbonyl (C=O) groups is 1. The zero-order chi connectivity index (χ0) is 22.4. The highest BCUT2D eigenvalue weighted by molar-refractivity contribution is 9.10. The zero-order valence-corrected chi connectivity index (χ0v) is 17.7. The van der Waals surface area contributed by atoms with Crippen molar-refractivity contribution in [3.8, 4) is 5.75 Å². The van der Waals surface area contributed by atoms with E-state index in [1.54, 1.807) is 6.07 Å². The summed E-state index contributed by atoms with van der Waals surface area (Å²) < 4.78 is 35.4. The second-order valence-corrected chi connectivity index (χ2v) is 7.12. The van der Waals surface area contributed by atoms with Crippen molar-refractivity contribution in [2.45, 2.75) is 25.1 Å². The first-order valence-corrected chi connectivity index (χ1v) is 9.44. The Morgan fingerprint density at radius 3 is 2.77 bits per heavy atom. The normalized spacial score (nSPS) is 12.9. The second kappa shape index (κ2) is 10.5. The van der Waals surface area contributed by atoms with Gasteiger partial charge in [0.25, 0.3) is 0 Å². The van der Waals surface area contributed by atoms with Crippen LogP contribution in [-0.4, -0.2) is 35.6 Å². The average Bonchev–Trinajstić information content (AvgIpc) is 2.66. The molecule has 9 nitrogen and oxygen atoms in total. The Bertz CT molecular complexity index is 937. The van der Waals surface area contributed by atoms with Crippen LogP contribution >= 0.6 is 27.5 Å². The predicted octanol–water partition coefficient (Wildman–Crippen LogP) is 4.05. The van der Waals surface area contributed by atoms with Gasteiger partial charge in [0, 0.05) is 16.1 Å². The number of alkyl halides is 2. The monoisotopic (exact) mass is 508 g/mol. The van der Waals surface area contributed by atoms with Gasteiger partial charge in [-0.15, -0.1) is 0 Å². The van der Waals surface area contributed by atoms with Gasteiger partial charge in [0.05, 0.1) is 18.1 Å². The lowest BCUT2D eigenvalue weighted by molar-refractivity contribution is -0.384. The van der Waals surface area contributed by atoms with Crippen LogP contribution in [0.1, 0.15) is 18.0 Å². The van der Waals surface area contributed by atoms with Gasteiger partial charge in [-0.05, 0) is 18.6 Å². The number of nitrogens with zero attached hydrogens (tertiary/aromatic N) is 2. The van der Waals surface area contributed by atoms with E-state index in [-0.39, 0.29) is 28.6 Å². The Morgan fingerprint density at radius 1 is 1.47 bits per heavy atom. The van der Waals surface area contributed by atoms with Gasteiger partial charge in [0.2, 0.25) is 0 Å². The van der Waals surface area contributed by atoms with Crippen LogP contribution in [0.15, 0.2) is 34.9 Å². The smallest absolute Gasteiger partial charge is 0.387 e. The van der Waals surface area contributed by atoms with Gasteiger partial charge in [-0.1, -0.05) is 33.6 Å². The van der Waals surface area contributed by atoms with Crippen molar-refractivity contribution in [3.63, 3.8) is 0 Å². The summed E-state index contributed by atoms with van der Waals surface area (Å²) in [6.45, 7) is -3.13. The van der Waals surface area contributed by atoms with E-state index in [2.05, 4.69) is 35.7 Å². The lowest BCUT2D eigenvalue weighted by Gasteiger charge is -2.25. The minimum Gasteiger partial charge on any atom is -0.468 e. The molecule has 0 saturated carbocycles. The van der Waals surface area contributed by atoms with Gasteiger partial charge >= 0.3 is 18.3 Å². The molecule has 0 spiro atoms. The third-order valence-electron chi connectivity index (χ3n) is 3.95. The van der Waals surface area contributed by atoms with Crippen molar-refractivity contribution >= 4 is 44.9 Å². The van der Waals surface area contributed by atoms with Crippen LogP contribution in [0.25, 0.3) is 0 Å². The third kappa shape index (κ3) is 5.97. The van der Waals surface area contributed by atoms with Crippen LogP contribution in [0.4, 0.5) is 20.2 Å². The predicted molar refractivity (Wildman–Crippen MR) is 108 cm³/mol. The van der Waals surface area contributed by atoms with E-state index in [9.17, 15) is 23.7 Å². The highest BCUT2D eigenvalue weighted by atomic mass is 79.9. The summed E-state index contributed by atoms with van der Waals surface area (Å²) in [6.07, 6.45) is 0.768. The van der Waals surface area contributed by atoms with Crippen LogP contribution in [0, 0.1) is 10.1 Å². The number of hydrogen-bond acceptors (Lipinski definition) is 8. The maximum Gasteiger partial charge on any atom is 0.387 e. The topological polar surface area (TPSA) is 130 Å². The molecule has 2 atom stereocenters. The molecule has 30 heavy (non-hydrogen) atoms. The van der Waals surface area contributed by atoms with E-state index >= 15 is 0 Å². The number of carbonyl (C=O) groups excluding carboxylic acids is 1. The standard InChI is InChI=1S/C17H16BrClF2N4O5/c1-29-16(26)9(22)5-11(15-8(18)3-2-4-13(15)30-17(20)21)24-10-6-14(19)23-7-12(10)25(27)28/h2-4,6-7,9,11,17H,5,22H2,1H3,(H,23,24)/t9-,11-/m1/s1. The van der Waals surface area contributed by atoms with E-state index in [1.807, 2.05) is 0 Å². The number of pyridine rings is 1. The fraction of sp³-hybridized carbons (Fsp3) is 0.294. The number of nitrogens with two attached hydrogens (primary N) is 1. The van der Waals surface area contributed by atoms with E-state index in [0.717, 1.165) is 13.3 Å². The molecule has 0 fully saturated rings. The minimum atomic E-state index is -3.13. The number of nitrogens with one attached hydrogen (secondary N) is 1. The van der Waals surface area contributed by atoms with Crippen molar-refractivity contribution in [2.24, 2.45) is 5.73 Å². The van der Waals surface area contributed by atoms with Gasteiger partial charge in [0.15, 0.2) is 0 Å². The van der Waals surface area contributed by atoms with Crippen LogP contribution in [-0.2, 0) is 9.53 Å². The number of benzene rings is 1. The van der Waals surface area contributed by atoms with Crippen molar-refractivity contribution in [3.05, 3.63) is 55.8 Å². The molecule has 0 aliphatic rings. The van der Waals surface area contributed by atoms with Crippen LogP contribution in [0.3, 0.4) is 0 Å². The molecule has 0 aliphatic carbocycles. The highest BCUT2D eigenvalue weighted by Crippen LogP contribution is 2.39. The Labute approximate surface area is 182 Å². The molecule has 2 rings (SSSR count). The Balaban J connectivity index is 2.57. The van der Waals surface area contributed by atoms with Crippen molar-refractivity contribution < 1.29 is 28.0 Å². The number of nitro groups is 1. The molecule has 2 aromatic rings. The van der Waals surface area contributed by atoms with Gasteiger partial charge < -0.3 is 20.5 Å². The van der Waals surface area contributed by atoms with Crippen molar-refractivity contribution in [2.75, 3.05) is 12.4 Å². The number of hydrogen-bond donors (Lipinski definition) is 2. The van der Waals surface area contributed by atoms with Gasteiger partial charge in [-0.2, -0.15) is 8.78 Å². The summed E-state index contributed by atoms with van der Waals surface area (Å²) in [4.78, 5) is 26.2. The quantitative estimate of drug-likeness (QED) is 0.224. The van der Waals surface area contributed by atoms with E-state index in [1.165, 1.54) is 18.2 Å². The number of ether oxygens (including phenoxy) is 2. The Hall–Kier alpha value is -2.57. The second-order valence-electron chi connectivity index (χ2n) is 5.87. The summed E-state index contributed by atoms with van der Waals surface area (Å²) in [5, 5.41) is 14.2. The Kier molecular flexibility index (Phi) is 8.26. The maximum absolute atomic E-state index is 12.9. The molecule has 0 unspecified atom stereocenters. The SMILES string of the molecule is COC(=O)[C@H](N)C[C@@H](Nc1cc(Cl)ncc1[N+](=O)[O-])c1c(Br)cccc1OC(F)F. The molecule has 0 saturated heterocycles. The fourth-order valence-corrected chi connectivity index (χ4v) is 3.46. The first kappa shape index (κ1) is 23.7. The van der Waals surface area contributed by atoms with Crippen LogP contribution in [0.5, 0.6) is 5.75 Å². The molecule has 0 radical (unpaired) electrons. The van der Waals surface area contributed by atoms with Gasteiger partial charge in [-0.25, -0.2) is 4.98 Å². The summed E-state index contributed by atoms with van der Waals surface area (Å²) >= 11 is 9.12. The minimum absolute atomic E-state index is 0.0460. The molecule has 1 heterocycles. The maximum atomic E-state index is 12.9. The lowest BCUT2D eigenvalue weighted by atomic mass is 9.98. The summed E-state index contributed by atoms with van der Waals surface area (Å²) in [6, 6.07) is 3.35. The zero-order valence-electron chi connectivity index (χ0n) is 15.4. The molecule has 0 amide bonds. The molecule has 1 aromatic carbocycles. The molecule has 162 valence electrons. The summed E-state index contributed by atoms with van der Waals surface area (Å²) in [7, 11) is 1.14.